The van der Waals surface area contributed by atoms with Crippen molar-refractivity contribution in [2.45, 2.75) is 10.5 Å². The van der Waals surface area contributed by atoms with Gasteiger partial charge in [0.25, 0.3) is 15.7 Å². The van der Waals surface area contributed by atoms with E-state index in [1.165, 1.54) is 36.4 Å². The molecule has 0 aliphatic heterocycles. The van der Waals surface area contributed by atoms with Gasteiger partial charge in [0.2, 0.25) is 5.88 Å². The van der Waals surface area contributed by atoms with E-state index in [9.17, 15) is 30.8 Å². The quantitative estimate of drug-likeness (QED) is 0.602. The monoisotopic (exact) mass is 441 g/mol. The normalized spacial score (nSPS) is 11.7. The van der Waals surface area contributed by atoms with Crippen molar-refractivity contribution in [3.05, 3.63) is 72.3 Å². The molecule has 0 radical (unpaired) electrons. The summed E-state index contributed by atoms with van der Waals surface area (Å²) in [5, 5.41) is 0.839. The number of ether oxygens (including phenoxy) is 1. The number of benzene rings is 1. The highest BCUT2D eigenvalue weighted by Crippen LogP contribution is 2.31. The van der Waals surface area contributed by atoms with Crippen molar-refractivity contribution >= 4 is 21.4 Å². The smallest absolute Gasteiger partial charge is 0.439 e. The van der Waals surface area contributed by atoms with E-state index in [4.69, 9.17) is 4.74 Å². The molecule has 0 atom stereocenters. The summed E-state index contributed by atoms with van der Waals surface area (Å²) in [6, 6.07) is 9.82. The predicted molar refractivity (Wildman–Crippen MR) is 96.1 cm³/mol. The predicted octanol–water partition coefficient (Wildman–Crippen LogP) is 3.95. The van der Waals surface area contributed by atoms with Gasteiger partial charge in [-0.1, -0.05) is 0 Å². The molecular formula is C18H11F4N3O4S. The fraction of sp³-hybridized carbons (Fsp3) is 0.0556. The number of amides is 1. The summed E-state index contributed by atoms with van der Waals surface area (Å²) in [7, 11) is -5.82. The zero-order chi connectivity index (χ0) is 21.9. The summed E-state index contributed by atoms with van der Waals surface area (Å²) in [4.78, 5) is 19.5. The number of pyridine rings is 2. The summed E-state index contributed by atoms with van der Waals surface area (Å²) in [6.07, 6.45) is 1.98. The van der Waals surface area contributed by atoms with Crippen LogP contribution in [0, 0.1) is 5.82 Å². The second-order valence-electron chi connectivity index (χ2n) is 5.70. The first-order valence-corrected chi connectivity index (χ1v) is 9.53. The van der Waals surface area contributed by atoms with Crippen LogP contribution >= 0.6 is 0 Å². The van der Waals surface area contributed by atoms with Gasteiger partial charge in [-0.05, 0) is 42.5 Å². The van der Waals surface area contributed by atoms with E-state index in [1.807, 2.05) is 0 Å². The Morgan fingerprint density at radius 1 is 1.00 bits per heavy atom. The van der Waals surface area contributed by atoms with Gasteiger partial charge in [0, 0.05) is 12.3 Å². The van der Waals surface area contributed by atoms with Gasteiger partial charge in [-0.2, -0.15) is 13.2 Å². The van der Waals surface area contributed by atoms with Crippen LogP contribution in [-0.4, -0.2) is 29.8 Å². The van der Waals surface area contributed by atoms with Gasteiger partial charge in [-0.25, -0.2) is 22.8 Å². The lowest BCUT2D eigenvalue weighted by Gasteiger charge is -2.12. The molecule has 7 nitrogen and oxygen atoms in total. The van der Waals surface area contributed by atoms with Gasteiger partial charge >= 0.3 is 5.51 Å². The molecule has 0 saturated heterocycles. The SMILES string of the molecule is O=C(Nc1ccc(Oc2ccc(F)cc2)nc1)c1cccnc1S(=O)(=O)C(F)(F)F. The van der Waals surface area contributed by atoms with E-state index in [2.05, 4.69) is 15.3 Å². The maximum absolute atomic E-state index is 12.9. The Balaban J connectivity index is 1.78. The average molecular weight is 441 g/mol. The third kappa shape index (κ3) is 4.54. The van der Waals surface area contributed by atoms with Crippen LogP contribution in [-0.2, 0) is 9.84 Å². The Morgan fingerprint density at radius 3 is 2.30 bits per heavy atom. The molecule has 12 heteroatoms. The van der Waals surface area contributed by atoms with Crippen LogP contribution in [0.4, 0.5) is 23.2 Å². The van der Waals surface area contributed by atoms with Crippen LogP contribution in [0.15, 0.2) is 66.0 Å². The largest absolute Gasteiger partial charge is 0.503 e. The van der Waals surface area contributed by atoms with Gasteiger partial charge < -0.3 is 10.1 Å². The molecule has 0 bridgehead atoms. The van der Waals surface area contributed by atoms with Crippen LogP contribution in [0.2, 0.25) is 0 Å². The molecule has 2 heterocycles. The zero-order valence-electron chi connectivity index (χ0n) is 14.7. The van der Waals surface area contributed by atoms with Gasteiger partial charge in [0.15, 0.2) is 5.03 Å². The molecule has 0 spiro atoms. The highest BCUT2D eigenvalue weighted by Gasteiger charge is 2.49. The van der Waals surface area contributed by atoms with Gasteiger partial charge in [-0.15, -0.1) is 0 Å². The number of nitrogens with one attached hydrogen (secondary N) is 1. The van der Waals surface area contributed by atoms with Crippen LogP contribution in [0.3, 0.4) is 0 Å². The number of anilines is 1. The van der Waals surface area contributed by atoms with Crippen LogP contribution in [0.25, 0.3) is 0 Å². The van der Waals surface area contributed by atoms with Crippen LogP contribution < -0.4 is 10.1 Å². The summed E-state index contributed by atoms with van der Waals surface area (Å²) in [5.74, 6) is -1.17. The molecular weight excluding hydrogens is 430 g/mol. The summed E-state index contributed by atoms with van der Waals surface area (Å²) >= 11 is 0. The van der Waals surface area contributed by atoms with E-state index >= 15 is 0 Å². The Morgan fingerprint density at radius 2 is 1.70 bits per heavy atom. The second-order valence-corrected chi connectivity index (χ2v) is 7.56. The van der Waals surface area contributed by atoms with Crippen molar-refractivity contribution in [2.75, 3.05) is 5.32 Å². The molecule has 30 heavy (non-hydrogen) atoms. The fourth-order valence-electron chi connectivity index (χ4n) is 2.22. The first kappa shape index (κ1) is 21.2. The van der Waals surface area contributed by atoms with Crippen molar-refractivity contribution in [1.29, 1.82) is 0 Å². The average Bonchev–Trinajstić information content (AvgIpc) is 2.70. The molecule has 1 amide bonds. The molecule has 1 aromatic carbocycles. The Hall–Kier alpha value is -3.54. The standard InChI is InChI=1S/C18H11F4N3O4S/c19-11-3-6-13(7-4-11)29-15-8-5-12(10-24-15)25-16(26)14-2-1-9-23-17(14)30(27,28)18(20,21)22/h1-10H,(H,25,26). The lowest BCUT2D eigenvalue weighted by molar-refractivity contribution is -0.0438. The summed E-state index contributed by atoms with van der Waals surface area (Å²) in [5.41, 5.74) is -6.33. The molecule has 0 saturated carbocycles. The number of rotatable bonds is 5. The summed E-state index contributed by atoms with van der Waals surface area (Å²) in [6.45, 7) is 0. The van der Waals surface area contributed by atoms with E-state index in [0.717, 1.165) is 24.5 Å². The maximum atomic E-state index is 12.9. The number of aromatic nitrogens is 2. The number of carbonyl (C=O) groups excluding carboxylic acids is 1. The fourth-order valence-corrected chi connectivity index (χ4v) is 3.09. The highest BCUT2D eigenvalue weighted by atomic mass is 32.2. The maximum Gasteiger partial charge on any atom is 0.503 e. The molecule has 0 unspecified atom stereocenters. The third-order valence-corrected chi connectivity index (χ3v) is 5.05. The molecule has 0 aliphatic rings. The number of hydrogen-bond acceptors (Lipinski definition) is 6. The molecule has 3 rings (SSSR count). The molecule has 0 aliphatic carbocycles. The number of nitrogens with zero attached hydrogens (tertiary/aromatic N) is 2. The van der Waals surface area contributed by atoms with Crippen molar-refractivity contribution < 1.29 is 35.5 Å². The van der Waals surface area contributed by atoms with E-state index < -0.39 is 37.7 Å². The van der Waals surface area contributed by atoms with E-state index in [1.54, 1.807) is 0 Å². The van der Waals surface area contributed by atoms with Crippen LogP contribution in [0.1, 0.15) is 10.4 Å². The minimum absolute atomic E-state index is 0.0608. The van der Waals surface area contributed by atoms with Gasteiger partial charge in [-0.3, -0.25) is 4.79 Å². The minimum Gasteiger partial charge on any atom is -0.439 e. The van der Waals surface area contributed by atoms with E-state index in [-0.39, 0.29) is 11.6 Å². The van der Waals surface area contributed by atoms with Crippen LogP contribution in [0.5, 0.6) is 11.6 Å². The first-order chi connectivity index (χ1) is 14.1. The van der Waals surface area contributed by atoms with E-state index in [0.29, 0.717) is 5.75 Å². The number of carbonyl (C=O) groups is 1. The molecule has 2 aromatic heterocycles. The number of alkyl halides is 3. The van der Waals surface area contributed by atoms with Gasteiger partial charge in [0.05, 0.1) is 17.4 Å². The van der Waals surface area contributed by atoms with Gasteiger partial charge in [0.1, 0.15) is 11.6 Å². The number of hydrogen-bond donors (Lipinski definition) is 1. The van der Waals surface area contributed by atoms with Crippen molar-refractivity contribution in [1.82, 2.24) is 9.97 Å². The highest BCUT2D eigenvalue weighted by molar-refractivity contribution is 7.92. The zero-order valence-corrected chi connectivity index (χ0v) is 15.5. The third-order valence-electron chi connectivity index (χ3n) is 3.61. The van der Waals surface area contributed by atoms with Crippen molar-refractivity contribution in [2.24, 2.45) is 0 Å². The summed E-state index contributed by atoms with van der Waals surface area (Å²) < 4.78 is 80.1. The van der Waals surface area contributed by atoms with Crippen molar-refractivity contribution in [3.63, 3.8) is 0 Å². The Kier molecular flexibility index (Phi) is 5.69. The Labute approximate surface area is 167 Å². The molecule has 3 aromatic rings. The second kappa shape index (κ2) is 8.06. The molecule has 0 fully saturated rings. The molecule has 1 N–H and O–H groups in total. The van der Waals surface area contributed by atoms with Crippen molar-refractivity contribution in [3.8, 4) is 11.6 Å². The topological polar surface area (TPSA) is 98.2 Å². The lowest BCUT2D eigenvalue weighted by Crippen LogP contribution is -2.27. The minimum atomic E-state index is -5.82. The first-order valence-electron chi connectivity index (χ1n) is 8.05. The Bertz CT molecular complexity index is 1170. The molecule has 156 valence electrons. The number of halogens is 4. The number of sulfone groups is 1. The lowest BCUT2D eigenvalue weighted by atomic mass is 10.2.